The van der Waals surface area contributed by atoms with E-state index in [1.54, 1.807) is 5.48 Å². The molecular weight excluding hydrogens is 691 g/mol. The first-order valence-electron chi connectivity index (χ1n) is 19.2. The van der Waals surface area contributed by atoms with Crippen molar-refractivity contribution in [2.45, 2.75) is 83.3 Å². The summed E-state index contributed by atoms with van der Waals surface area (Å²) in [6.07, 6.45) is 2.44. The molecule has 1 heterocycles. The summed E-state index contributed by atoms with van der Waals surface area (Å²) in [7, 11) is 0. The molecule has 286 valence electrons. The second-order valence-electron chi connectivity index (χ2n) is 14.1. The first-order chi connectivity index (χ1) is 27.0. The summed E-state index contributed by atoms with van der Waals surface area (Å²) >= 11 is 0. The van der Waals surface area contributed by atoms with Crippen molar-refractivity contribution < 1.29 is 29.4 Å². The topological polar surface area (TPSA) is 120 Å². The number of unbranched alkanes of at least 4 members (excludes halogenated alkanes) is 2. The molecule has 0 spiro atoms. The Balaban J connectivity index is 1.16. The van der Waals surface area contributed by atoms with E-state index in [9.17, 15) is 14.7 Å². The van der Waals surface area contributed by atoms with Gasteiger partial charge in [-0.1, -0.05) is 140 Å². The Bertz CT molecular complexity index is 1880. The van der Waals surface area contributed by atoms with Gasteiger partial charge in [-0.2, -0.15) is 0 Å². The number of hydrogen-bond donors (Lipinski definition) is 4. The third-order valence-corrected chi connectivity index (χ3v) is 9.99. The van der Waals surface area contributed by atoms with Crippen LogP contribution in [0.15, 0.2) is 133 Å². The Morgan fingerprint density at radius 2 is 1.25 bits per heavy atom. The second kappa shape index (κ2) is 20.5. The van der Waals surface area contributed by atoms with Crippen molar-refractivity contribution in [3.63, 3.8) is 0 Å². The van der Waals surface area contributed by atoms with Gasteiger partial charge in [-0.05, 0) is 51.8 Å². The zero-order valence-corrected chi connectivity index (χ0v) is 31.2. The van der Waals surface area contributed by atoms with E-state index in [1.165, 1.54) is 11.1 Å². The summed E-state index contributed by atoms with van der Waals surface area (Å²) in [6, 6.07) is 45.4. The van der Waals surface area contributed by atoms with E-state index in [2.05, 4.69) is 89.1 Å². The summed E-state index contributed by atoms with van der Waals surface area (Å²) in [5.74, 6) is -0.448. The predicted octanol–water partition coefficient (Wildman–Crippen LogP) is 8.17. The van der Waals surface area contributed by atoms with Gasteiger partial charge >= 0.3 is 0 Å². The lowest BCUT2D eigenvalue weighted by Gasteiger charge is -2.38. The van der Waals surface area contributed by atoms with Crippen molar-refractivity contribution in [1.29, 1.82) is 0 Å². The first kappa shape index (κ1) is 39.5. The molecule has 1 aliphatic heterocycles. The van der Waals surface area contributed by atoms with E-state index < -0.39 is 12.2 Å². The molecule has 6 rings (SSSR count). The Kier molecular flexibility index (Phi) is 14.7. The second-order valence-corrected chi connectivity index (χ2v) is 14.1. The van der Waals surface area contributed by atoms with Crippen molar-refractivity contribution in [3.8, 4) is 11.1 Å². The maximum Gasteiger partial charge on any atom is 0.243 e. The fourth-order valence-corrected chi connectivity index (χ4v) is 7.05. The molecule has 9 nitrogen and oxygen atoms in total. The number of hydroxylamine groups is 1. The number of benzene rings is 5. The van der Waals surface area contributed by atoms with Crippen molar-refractivity contribution in [3.05, 3.63) is 167 Å². The smallest absolute Gasteiger partial charge is 0.243 e. The lowest BCUT2D eigenvalue weighted by atomic mass is 9.97. The maximum atomic E-state index is 12.6. The van der Waals surface area contributed by atoms with E-state index in [4.69, 9.17) is 14.7 Å². The molecule has 1 saturated heterocycles. The molecule has 0 aromatic heterocycles. The number of ether oxygens (including phenoxy) is 2. The van der Waals surface area contributed by atoms with Crippen LogP contribution in [0.4, 0.5) is 0 Å². The summed E-state index contributed by atoms with van der Waals surface area (Å²) in [5, 5.41) is 21.3. The van der Waals surface area contributed by atoms with Gasteiger partial charge in [0, 0.05) is 51.0 Å². The Morgan fingerprint density at radius 1 is 0.655 bits per heavy atom. The average molecular weight is 742 g/mol. The van der Waals surface area contributed by atoms with Crippen LogP contribution in [0.2, 0.25) is 0 Å². The number of amides is 2. The molecule has 5 aromatic carbocycles. The van der Waals surface area contributed by atoms with Crippen LogP contribution in [0.3, 0.4) is 0 Å². The number of rotatable bonds is 18. The molecule has 55 heavy (non-hydrogen) atoms. The Morgan fingerprint density at radius 3 is 1.89 bits per heavy atom. The minimum Gasteiger partial charge on any atom is -0.392 e. The number of nitrogens with one attached hydrogen (secondary N) is 2. The van der Waals surface area contributed by atoms with Gasteiger partial charge in [0.15, 0.2) is 6.29 Å². The van der Waals surface area contributed by atoms with E-state index in [1.807, 2.05) is 54.6 Å². The Labute approximate surface area is 323 Å². The van der Waals surface area contributed by atoms with Crippen molar-refractivity contribution >= 4 is 11.8 Å². The van der Waals surface area contributed by atoms with E-state index in [0.29, 0.717) is 38.8 Å². The fourth-order valence-electron chi connectivity index (χ4n) is 7.05. The van der Waals surface area contributed by atoms with Crippen molar-refractivity contribution in [2.75, 3.05) is 6.54 Å². The maximum absolute atomic E-state index is 12.6. The molecular formula is C46H51N3O6. The van der Waals surface area contributed by atoms with Gasteiger partial charge in [-0.25, -0.2) is 5.48 Å². The minimum absolute atomic E-state index is 0.00893. The quantitative estimate of drug-likeness (QED) is 0.0407. The highest BCUT2D eigenvalue weighted by Gasteiger charge is 2.33. The highest BCUT2D eigenvalue weighted by molar-refractivity contribution is 5.76. The zero-order chi connectivity index (χ0) is 38.2. The highest BCUT2D eigenvalue weighted by atomic mass is 16.7. The van der Waals surface area contributed by atoms with Gasteiger partial charge in [-0.3, -0.25) is 19.7 Å². The normalized spacial score (nSPS) is 16.8. The van der Waals surface area contributed by atoms with Crippen LogP contribution in [-0.2, 0) is 45.3 Å². The SMILES string of the molecule is O=C(CCCCCC(=O)NCc1ccccc1-c1ccc(C2OC(CN(Cc3ccccc3)Cc3ccccc3)CC(c3ccc(CO)cc3)O2)cc1)NO. The highest BCUT2D eigenvalue weighted by Crippen LogP contribution is 2.39. The number of carbonyl (C=O) groups excluding carboxylic acids is 2. The van der Waals surface area contributed by atoms with Crippen LogP contribution in [0.1, 0.15) is 84.3 Å². The summed E-state index contributed by atoms with van der Waals surface area (Å²) in [6.45, 7) is 2.69. The molecule has 0 aliphatic carbocycles. The molecule has 5 aromatic rings. The molecule has 3 atom stereocenters. The fraction of sp³-hybridized carbons (Fsp3) is 0.304. The predicted molar refractivity (Wildman–Crippen MR) is 212 cm³/mol. The molecule has 2 amide bonds. The van der Waals surface area contributed by atoms with Gasteiger partial charge in [0.2, 0.25) is 11.8 Å². The van der Waals surface area contributed by atoms with Gasteiger partial charge in [0.1, 0.15) is 0 Å². The number of aliphatic hydroxyl groups is 1. The van der Waals surface area contributed by atoms with Gasteiger partial charge in [0.05, 0.1) is 18.8 Å². The lowest BCUT2D eigenvalue weighted by molar-refractivity contribution is -0.253. The van der Waals surface area contributed by atoms with Crippen LogP contribution in [0.5, 0.6) is 0 Å². The third kappa shape index (κ3) is 11.9. The van der Waals surface area contributed by atoms with E-state index >= 15 is 0 Å². The summed E-state index contributed by atoms with van der Waals surface area (Å²) in [5.41, 5.74) is 10.0. The van der Waals surface area contributed by atoms with Crippen LogP contribution < -0.4 is 10.8 Å². The molecule has 0 radical (unpaired) electrons. The standard InChI is InChI=1S/C46H51N3O6/c50-33-36-20-22-38(23-21-36)43-28-41(32-49(30-34-12-4-1-5-13-34)31-35-14-6-2-7-15-35)54-46(55-43)39-26-24-37(25-27-39)42-17-11-10-16-40(42)29-47-44(51)18-8-3-9-19-45(52)48-53/h1-2,4-7,10-17,20-27,41,43,46,50,53H,3,8-9,18-19,28-33H2,(H,47,51)(H,48,52). The monoisotopic (exact) mass is 741 g/mol. The number of nitrogens with zero attached hydrogens (tertiary/aromatic N) is 1. The summed E-state index contributed by atoms with van der Waals surface area (Å²) < 4.78 is 13.5. The number of aliphatic hydroxyl groups excluding tert-OH is 1. The van der Waals surface area contributed by atoms with Crippen molar-refractivity contribution in [2.24, 2.45) is 0 Å². The average Bonchev–Trinajstić information content (AvgIpc) is 3.23. The van der Waals surface area contributed by atoms with E-state index in [-0.39, 0.29) is 31.1 Å². The van der Waals surface area contributed by atoms with Crippen LogP contribution in [0, 0.1) is 0 Å². The number of carbonyl (C=O) groups is 2. The molecule has 3 unspecified atom stereocenters. The van der Waals surface area contributed by atoms with E-state index in [0.717, 1.165) is 52.9 Å². The molecule has 9 heteroatoms. The number of hydrogen-bond acceptors (Lipinski definition) is 7. The van der Waals surface area contributed by atoms with Gasteiger partial charge < -0.3 is 19.9 Å². The molecule has 1 fully saturated rings. The van der Waals surface area contributed by atoms with Crippen molar-refractivity contribution in [1.82, 2.24) is 15.7 Å². The molecule has 0 saturated carbocycles. The largest absolute Gasteiger partial charge is 0.392 e. The minimum atomic E-state index is -0.585. The molecule has 4 N–H and O–H groups in total. The van der Waals surface area contributed by atoms with Gasteiger partial charge in [0.25, 0.3) is 0 Å². The molecule has 0 bridgehead atoms. The van der Waals surface area contributed by atoms with Crippen LogP contribution >= 0.6 is 0 Å². The molecule has 1 aliphatic rings. The zero-order valence-electron chi connectivity index (χ0n) is 31.2. The summed E-state index contributed by atoms with van der Waals surface area (Å²) in [4.78, 5) is 26.2. The van der Waals surface area contributed by atoms with Gasteiger partial charge in [-0.15, -0.1) is 0 Å². The Hall–Kier alpha value is -5.16. The lowest BCUT2D eigenvalue weighted by Crippen LogP contribution is -2.39. The third-order valence-electron chi connectivity index (χ3n) is 9.99. The van der Waals surface area contributed by atoms with Crippen LogP contribution in [-0.4, -0.2) is 39.7 Å². The first-order valence-corrected chi connectivity index (χ1v) is 19.2. The van der Waals surface area contributed by atoms with Crippen LogP contribution in [0.25, 0.3) is 11.1 Å².